The van der Waals surface area contributed by atoms with Crippen LogP contribution in [-0.4, -0.2) is 33.5 Å². The molecule has 21 heavy (non-hydrogen) atoms. The Hall–Kier alpha value is -1.26. The van der Waals surface area contributed by atoms with Crippen LogP contribution in [0.25, 0.3) is 0 Å². The molecule has 0 heterocycles. The van der Waals surface area contributed by atoms with Crippen molar-refractivity contribution in [3.63, 3.8) is 0 Å². The molecule has 0 amide bonds. The van der Waals surface area contributed by atoms with Crippen molar-refractivity contribution < 1.29 is 14.2 Å². The molecule has 0 saturated heterocycles. The van der Waals surface area contributed by atoms with Gasteiger partial charge in [-0.25, -0.2) is 0 Å². The fourth-order valence-corrected chi connectivity index (χ4v) is 2.30. The highest BCUT2D eigenvalue weighted by Gasteiger charge is 2.26. The number of nitrogens with one attached hydrogen (secondary N) is 1. The number of hydrogen-bond donors (Lipinski definition) is 1. The molecule has 1 aromatic carbocycles. The van der Waals surface area contributed by atoms with Gasteiger partial charge in [0.15, 0.2) is 0 Å². The van der Waals surface area contributed by atoms with Crippen LogP contribution in [0.15, 0.2) is 18.2 Å². The van der Waals surface area contributed by atoms with Gasteiger partial charge in [0, 0.05) is 18.7 Å². The van der Waals surface area contributed by atoms with Gasteiger partial charge in [0.2, 0.25) is 0 Å². The van der Waals surface area contributed by atoms with E-state index in [1.54, 1.807) is 21.3 Å². The Morgan fingerprint density at radius 3 is 2.38 bits per heavy atom. The van der Waals surface area contributed by atoms with Crippen molar-refractivity contribution in [3.8, 4) is 11.5 Å². The average Bonchev–Trinajstić information content (AvgIpc) is 2.50. The number of benzene rings is 1. The van der Waals surface area contributed by atoms with Crippen LogP contribution in [0, 0.1) is 0 Å². The number of ether oxygens (including phenoxy) is 3. The number of hydrogen-bond acceptors (Lipinski definition) is 4. The van der Waals surface area contributed by atoms with Crippen molar-refractivity contribution in [3.05, 3.63) is 23.8 Å². The monoisotopic (exact) mass is 295 g/mol. The highest BCUT2D eigenvalue weighted by atomic mass is 16.5. The van der Waals surface area contributed by atoms with Crippen molar-refractivity contribution in [1.29, 1.82) is 0 Å². The molecule has 1 aromatic rings. The molecule has 0 aliphatic rings. The van der Waals surface area contributed by atoms with E-state index in [1.165, 1.54) is 0 Å². The molecule has 0 aromatic heterocycles. The van der Waals surface area contributed by atoms with Crippen LogP contribution in [0.5, 0.6) is 11.5 Å². The first-order chi connectivity index (χ1) is 9.97. The summed E-state index contributed by atoms with van der Waals surface area (Å²) in [5.74, 6) is 1.71. The highest BCUT2D eigenvalue weighted by molar-refractivity contribution is 5.42. The van der Waals surface area contributed by atoms with Crippen LogP contribution in [0.1, 0.15) is 45.2 Å². The van der Waals surface area contributed by atoms with Gasteiger partial charge in [0.05, 0.1) is 19.8 Å². The van der Waals surface area contributed by atoms with Crippen molar-refractivity contribution in [2.24, 2.45) is 0 Å². The van der Waals surface area contributed by atoms with E-state index in [-0.39, 0.29) is 11.6 Å². The quantitative estimate of drug-likeness (QED) is 0.756. The summed E-state index contributed by atoms with van der Waals surface area (Å²) in [6.07, 6.45) is 1.93. The average molecular weight is 295 g/mol. The first-order valence-electron chi connectivity index (χ1n) is 7.47. The number of methoxy groups -OCH3 is 3. The molecule has 120 valence electrons. The van der Waals surface area contributed by atoms with E-state index in [9.17, 15) is 0 Å². The molecule has 4 nitrogen and oxygen atoms in total. The minimum absolute atomic E-state index is 0.157. The second-order valence-electron chi connectivity index (χ2n) is 5.78. The maximum absolute atomic E-state index is 5.59. The zero-order chi connectivity index (χ0) is 15.9. The van der Waals surface area contributed by atoms with Gasteiger partial charge < -0.3 is 19.5 Å². The molecule has 4 heteroatoms. The van der Waals surface area contributed by atoms with E-state index >= 15 is 0 Å². The predicted octanol–water partition coefficient (Wildman–Crippen LogP) is 3.56. The van der Waals surface area contributed by atoms with Crippen molar-refractivity contribution in [2.45, 2.75) is 45.3 Å². The second kappa shape index (κ2) is 8.25. The molecule has 0 aliphatic carbocycles. The molecular formula is C17H29NO3. The van der Waals surface area contributed by atoms with Gasteiger partial charge in [-0.1, -0.05) is 6.92 Å². The van der Waals surface area contributed by atoms with E-state index in [0.29, 0.717) is 0 Å². The molecule has 1 N–H and O–H groups in total. The van der Waals surface area contributed by atoms with E-state index in [2.05, 4.69) is 26.1 Å². The van der Waals surface area contributed by atoms with Gasteiger partial charge in [-0.15, -0.1) is 0 Å². The predicted molar refractivity (Wildman–Crippen MR) is 86.3 cm³/mol. The van der Waals surface area contributed by atoms with Crippen molar-refractivity contribution in [1.82, 2.24) is 5.32 Å². The summed E-state index contributed by atoms with van der Waals surface area (Å²) >= 11 is 0. The summed E-state index contributed by atoms with van der Waals surface area (Å²) < 4.78 is 16.5. The third-order valence-corrected chi connectivity index (χ3v) is 3.70. The fourth-order valence-electron chi connectivity index (χ4n) is 2.30. The molecule has 0 saturated carbocycles. The molecular weight excluding hydrogens is 266 g/mol. The Labute approximate surface area is 128 Å². The Kier molecular flexibility index (Phi) is 6.99. The highest BCUT2D eigenvalue weighted by Crippen LogP contribution is 2.34. The van der Waals surface area contributed by atoms with Gasteiger partial charge in [-0.05, 0) is 51.4 Å². The SMILES string of the molecule is CCCNC(CC(C)(C)OC)c1cc(OC)ccc1OC. The minimum Gasteiger partial charge on any atom is -0.497 e. The Bertz CT molecular complexity index is 432. The molecule has 1 unspecified atom stereocenters. The lowest BCUT2D eigenvalue weighted by molar-refractivity contribution is 0.00667. The van der Waals surface area contributed by atoms with Crippen LogP contribution in [0.2, 0.25) is 0 Å². The Balaban J connectivity index is 3.11. The van der Waals surface area contributed by atoms with Crippen LogP contribution in [0.3, 0.4) is 0 Å². The molecule has 1 atom stereocenters. The molecule has 0 aliphatic heterocycles. The molecule has 0 spiro atoms. The van der Waals surface area contributed by atoms with Gasteiger partial charge >= 0.3 is 0 Å². The van der Waals surface area contributed by atoms with Crippen molar-refractivity contribution >= 4 is 0 Å². The van der Waals surface area contributed by atoms with E-state index in [4.69, 9.17) is 14.2 Å². The van der Waals surface area contributed by atoms with E-state index in [0.717, 1.165) is 36.4 Å². The summed E-state index contributed by atoms with van der Waals surface area (Å²) in [6.45, 7) is 7.31. The van der Waals surface area contributed by atoms with E-state index in [1.807, 2.05) is 18.2 Å². The van der Waals surface area contributed by atoms with E-state index < -0.39 is 0 Å². The largest absolute Gasteiger partial charge is 0.497 e. The zero-order valence-electron chi connectivity index (χ0n) is 14.2. The summed E-state index contributed by atoms with van der Waals surface area (Å²) in [7, 11) is 5.13. The first kappa shape index (κ1) is 17.8. The summed E-state index contributed by atoms with van der Waals surface area (Å²) in [6, 6.07) is 6.07. The normalized spacial score (nSPS) is 13.0. The Morgan fingerprint density at radius 2 is 1.86 bits per heavy atom. The summed E-state index contributed by atoms with van der Waals surface area (Å²) in [4.78, 5) is 0. The molecule has 0 fully saturated rings. The van der Waals surface area contributed by atoms with Gasteiger partial charge in [0.1, 0.15) is 11.5 Å². The summed E-state index contributed by atoms with van der Waals surface area (Å²) in [5, 5.41) is 3.59. The van der Waals surface area contributed by atoms with Gasteiger partial charge in [-0.2, -0.15) is 0 Å². The molecule has 0 radical (unpaired) electrons. The maximum Gasteiger partial charge on any atom is 0.123 e. The first-order valence-corrected chi connectivity index (χ1v) is 7.47. The lowest BCUT2D eigenvalue weighted by Gasteiger charge is -2.30. The van der Waals surface area contributed by atoms with Crippen LogP contribution in [0.4, 0.5) is 0 Å². The smallest absolute Gasteiger partial charge is 0.123 e. The minimum atomic E-state index is -0.209. The lowest BCUT2D eigenvalue weighted by atomic mass is 9.92. The third kappa shape index (κ3) is 5.21. The zero-order valence-corrected chi connectivity index (χ0v) is 14.2. The fraction of sp³-hybridized carbons (Fsp3) is 0.647. The van der Waals surface area contributed by atoms with Gasteiger partial charge in [-0.3, -0.25) is 0 Å². The Morgan fingerprint density at radius 1 is 1.14 bits per heavy atom. The lowest BCUT2D eigenvalue weighted by Crippen LogP contribution is -2.32. The van der Waals surface area contributed by atoms with Gasteiger partial charge in [0.25, 0.3) is 0 Å². The molecule has 1 rings (SSSR count). The molecule has 0 bridgehead atoms. The second-order valence-corrected chi connectivity index (χ2v) is 5.78. The van der Waals surface area contributed by atoms with Crippen LogP contribution < -0.4 is 14.8 Å². The van der Waals surface area contributed by atoms with Crippen LogP contribution >= 0.6 is 0 Å². The topological polar surface area (TPSA) is 39.7 Å². The third-order valence-electron chi connectivity index (χ3n) is 3.70. The summed E-state index contributed by atoms with van der Waals surface area (Å²) in [5.41, 5.74) is 0.898. The number of rotatable bonds is 9. The van der Waals surface area contributed by atoms with Crippen molar-refractivity contribution in [2.75, 3.05) is 27.9 Å². The maximum atomic E-state index is 5.59. The standard InChI is InChI=1S/C17H29NO3/c1-7-10-18-15(12-17(2,3)21-6)14-11-13(19-4)8-9-16(14)20-5/h8-9,11,15,18H,7,10,12H2,1-6H3. The van der Waals surface area contributed by atoms with Crippen LogP contribution in [-0.2, 0) is 4.74 Å².